The molecule has 0 bridgehead atoms. The Hall–Kier alpha value is -1.89. The van der Waals surface area contributed by atoms with Crippen LogP contribution >= 0.6 is 11.6 Å². The molecule has 0 aliphatic carbocycles. The van der Waals surface area contributed by atoms with Gasteiger partial charge in [0, 0.05) is 31.6 Å². The molecule has 1 amide bonds. The Morgan fingerprint density at radius 1 is 1.33 bits per heavy atom. The zero-order chi connectivity index (χ0) is 19.1. The summed E-state index contributed by atoms with van der Waals surface area (Å²) in [6.45, 7) is 2.37. The number of hydrogen-bond donors (Lipinski definition) is 0. The maximum Gasteiger partial charge on any atom is 0.248 e. The first-order valence-electron chi connectivity index (χ1n) is 9.19. The molecule has 2 aromatic rings. The van der Waals surface area contributed by atoms with Gasteiger partial charge in [-0.3, -0.25) is 4.79 Å². The van der Waals surface area contributed by atoms with E-state index in [0.717, 1.165) is 35.7 Å². The summed E-state index contributed by atoms with van der Waals surface area (Å²) in [5, 5.41) is 0.718. The van der Waals surface area contributed by atoms with Gasteiger partial charge in [-0.15, -0.1) is 0 Å². The number of halogens is 1. The van der Waals surface area contributed by atoms with Gasteiger partial charge in [-0.25, -0.2) is 4.98 Å². The van der Waals surface area contributed by atoms with Gasteiger partial charge in [-0.05, 0) is 30.5 Å². The molecular weight excluding hydrogens is 368 g/mol. The Morgan fingerprint density at radius 2 is 2.15 bits per heavy atom. The lowest BCUT2D eigenvalue weighted by atomic mass is 9.98. The highest BCUT2D eigenvalue weighted by Crippen LogP contribution is 2.27. The molecule has 7 heteroatoms. The van der Waals surface area contributed by atoms with Gasteiger partial charge in [-0.1, -0.05) is 23.7 Å². The Bertz CT molecular complexity index is 732. The van der Waals surface area contributed by atoms with Crippen molar-refractivity contribution in [2.75, 3.05) is 40.0 Å². The van der Waals surface area contributed by atoms with Crippen LogP contribution in [0, 0.1) is 0 Å². The third-order valence-electron chi connectivity index (χ3n) is 4.64. The number of rotatable bonds is 8. The van der Waals surface area contributed by atoms with Crippen LogP contribution in [-0.2, 0) is 20.7 Å². The highest BCUT2D eigenvalue weighted by Gasteiger charge is 2.27. The van der Waals surface area contributed by atoms with Gasteiger partial charge >= 0.3 is 0 Å². The molecular formula is C20H25ClN2O4. The summed E-state index contributed by atoms with van der Waals surface area (Å²) in [4.78, 5) is 18.6. The molecule has 1 atom stereocenters. The Balaban J connectivity index is 1.54. The Labute approximate surface area is 164 Å². The number of hydrogen-bond acceptors (Lipinski definition) is 5. The van der Waals surface area contributed by atoms with Crippen LogP contribution in [0.5, 0.6) is 0 Å². The molecule has 1 aliphatic heterocycles. The van der Waals surface area contributed by atoms with E-state index in [1.165, 1.54) is 0 Å². The van der Waals surface area contributed by atoms with Crippen LogP contribution in [0.4, 0.5) is 0 Å². The summed E-state index contributed by atoms with van der Waals surface area (Å²) in [6, 6.07) is 7.70. The van der Waals surface area contributed by atoms with Crippen molar-refractivity contribution in [2.24, 2.45) is 0 Å². The predicted octanol–water partition coefficient (Wildman–Crippen LogP) is 3.29. The van der Waals surface area contributed by atoms with E-state index in [9.17, 15) is 4.79 Å². The summed E-state index contributed by atoms with van der Waals surface area (Å²) in [7, 11) is 1.61. The predicted molar refractivity (Wildman–Crippen MR) is 102 cm³/mol. The normalized spacial score (nSPS) is 17.3. The minimum atomic E-state index is 0.00347. The number of oxazole rings is 1. The summed E-state index contributed by atoms with van der Waals surface area (Å²) in [6.07, 6.45) is 4.35. The van der Waals surface area contributed by atoms with E-state index in [0.29, 0.717) is 32.1 Å². The fourth-order valence-electron chi connectivity index (χ4n) is 3.19. The van der Waals surface area contributed by atoms with Crippen molar-refractivity contribution in [3.63, 3.8) is 0 Å². The van der Waals surface area contributed by atoms with Gasteiger partial charge < -0.3 is 18.8 Å². The third kappa shape index (κ3) is 5.79. The van der Waals surface area contributed by atoms with Crippen molar-refractivity contribution in [2.45, 2.75) is 25.2 Å². The highest BCUT2D eigenvalue weighted by molar-refractivity contribution is 6.30. The first-order chi connectivity index (χ1) is 13.2. The molecule has 1 aromatic heterocycles. The summed E-state index contributed by atoms with van der Waals surface area (Å²) in [5.41, 5.74) is 1.12. The molecule has 3 rings (SSSR count). The number of likely N-dealkylation sites (tertiary alicyclic amines) is 1. The molecule has 0 spiro atoms. The van der Waals surface area contributed by atoms with Crippen LogP contribution in [0.3, 0.4) is 0 Å². The second kappa shape index (κ2) is 9.88. The van der Waals surface area contributed by atoms with Crippen molar-refractivity contribution < 1.29 is 18.7 Å². The quantitative estimate of drug-likeness (QED) is 0.645. The van der Waals surface area contributed by atoms with E-state index >= 15 is 0 Å². The van der Waals surface area contributed by atoms with Crippen molar-refractivity contribution >= 4 is 17.5 Å². The van der Waals surface area contributed by atoms with Gasteiger partial charge in [0.2, 0.25) is 5.91 Å². The van der Waals surface area contributed by atoms with Gasteiger partial charge in [0.05, 0.1) is 25.3 Å². The molecule has 6 nitrogen and oxygen atoms in total. The first kappa shape index (κ1) is 19.9. The molecule has 1 aliphatic rings. The highest BCUT2D eigenvalue weighted by atomic mass is 35.5. The number of carbonyl (C=O) groups is 1. The van der Waals surface area contributed by atoms with Gasteiger partial charge in [-0.2, -0.15) is 0 Å². The van der Waals surface area contributed by atoms with Crippen LogP contribution in [0.15, 0.2) is 34.9 Å². The van der Waals surface area contributed by atoms with E-state index in [2.05, 4.69) is 4.98 Å². The molecule has 146 valence electrons. The van der Waals surface area contributed by atoms with Crippen LogP contribution in [0.2, 0.25) is 5.02 Å². The molecule has 1 aromatic carbocycles. The van der Waals surface area contributed by atoms with E-state index < -0.39 is 0 Å². The zero-order valence-electron chi connectivity index (χ0n) is 15.5. The average Bonchev–Trinajstić information content (AvgIpc) is 3.15. The number of ether oxygens (including phenoxy) is 2. The number of amides is 1. The second-order valence-corrected chi connectivity index (χ2v) is 7.13. The first-order valence-corrected chi connectivity index (χ1v) is 9.57. The van der Waals surface area contributed by atoms with Crippen LogP contribution in [0.1, 0.15) is 36.0 Å². The van der Waals surface area contributed by atoms with Gasteiger partial charge in [0.15, 0.2) is 5.89 Å². The fraction of sp³-hybridized carbons (Fsp3) is 0.500. The van der Waals surface area contributed by atoms with E-state index in [1.54, 1.807) is 13.3 Å². The van der Waals surface area contributed by atoms with Crippen LogP contribution in [-0.4, -0.2) is 55.8 Å². The summed E-state index contributed by atoms with van der Waals surface area (Å²) >= 11 is 5.92. The lowest BCUT2D eigenvalue weighted by Gasteiger charge is -2.31. The largest absolute Gasteiger partial charge is 0.445 e. The molecule has 2 heterocycles. The van der Waals surface area contributed by atoms with Gasteiger partial charge in [0.1, 0.15) is 12.4 Å². The molecule has 0 radical (unpaired) electrons. The number of nitrogens with zero attached hydrogens (tertiary/aromatic N) is 2. The topological polar surface area (TPSA) is 64.8 Å². The molecule has 1 fully saturated rings. The number of carbonyl (C=O) groups excluding carboxylic acids is 1. The fourth-order valence-corrected chi connectivity index (χ4v) is 3.32. The van der Waals surface area contributed by atoms with Crippen molar-refractivity contribution in [3.05, 3.63) is 52.7 Å². The SMILES string of the molecule is COCCOCC(=O)N1CCC[C@@H](c2ncc(Cc3ccc(Cl)cc3)o2)C1. The summed E-state index contributed by atoms with van der Waals surface area (Å²) < 4.78 is 16.2. The number of benzene rings is 1. The lowest BCUT2D eigenvalue weighted by Crippen LogP contribution is -2.41. The van der Waals surface area contributed by atoms with E-state index in [1.807, 2.05) is 29.2 Å². The van der Waals surface area contributed by atoms with E-state index in [4.69, 9.17) is 25.5 Å². The number of aromatic nitrogens is 1. The molecule has 0 unspecified atom stereocenters. The van der Waals surface area contributed by atoms with Crippen LogP contribution < -0.4 is 0 Å². The molecule has 1 saturated heterocycles. The Kier molecular flexibility index (Phi) is 7.26. The Morgan fingerprint density at radius 3 is 2.93 bits per heavy atom. The molecule has 27 heavy (non-hydrogen) atoms. The van der Waals surface area contributed by atoms with Crippen molar-refractivity contribution in [1.29, 1.82) is 0 Å². The number of piperidine rings is 1. The smallest absolute Gasteiger partial charge is 0.248 e. The van der Waals surface area contributed by atoms with Crippen LogP contribution in [0.25, 0.3) is 0 Å². The van der Waals surface area contributed by atoms with E-state index in [-0.39, 0.29) is 18.4 Å². The molecule has 0 N–H and O–H groups in total. The third-order valence-corrected chi connectivity index (χ3v) is 4.90. The lowest BCUT2D eigenvalue weighted by molar-refractivity contribution is -0.137. The molecule has 0 saturated carbocycles. The second-order valence-electron chi connectivity index (χ2n) is 6.69. The maximum absolute atomic E-state index is 12.3. The van der Waals surface area contributed by atoms with Crippen molar-refractivity contribution in [1.82, 2.24) is 9.88 Å². The average molecular weight is 393 g/mol. The minimum absolute atomic E-state index is 0.00347. The zero-order valence-corrected chi connectivity index (χ0v) is 16.3. The number of methoxy groups -OCH3 is 1. The maximum atomic E-state index is 12.3. The monoisotopic (exact) mass is 392 g/mol. The van der Waals surface area contributed by atoms with Gasteiger partial charge in [0.25, 0.3) is 0 Å². The summed E-state index contributed by atoms with van der Waals surface area (Å²) in [5.74, 6) is 1.65. The standard InChI is InChI=1S/C20H25ClN2O4/c1-25-9-10-26-14-19(24)23-8-2-3-16(13-23)20-22-12-18(27-20)11-15-4-6-17(21)7-5-15/h4-7,12,16H,2-3,8-11,13-14H2,1H3/t16-/m1/s1. The minimum Gasteiger partial charge on any atom is -0.445 e. The van der Waals surface area contributed by atoms with Crippen molar-refractivity contribution in [3.8, 4) is 0 Å².